The van der Waals surface area contributed by atoms with E-state index >= 15 is 0 Å². The zero-order valence-electron chi connectivity index (χ0n) is 19.8. The molecule has 1 aromatic heterocycles. The Morgan fingerprint density at radius 1 is 0.677 bits per heavy atom. The van der Waals surface area contributed by atoms with Gasteiger partial charge in [-0.15, -0.1) is 0 Å². The molecule has 0 aliphatic heterocycles. The van der Waals surface area contributed by atoms with Gasteiger partial charge >= 0.3 is 0 Å². The zero-order valence-corrected chi connectivity index (χ0v) is 19.8. The third kappa shape index (κ3) is 3.59. The summed E-state index contributed by atoms with van der Waals surface area (Å²) in [6, 6.07) is 22.4. The number of hydrogen-bond donors (Lipinski definition) is 0. The molecule has 0 aliphatic rings. The highest BCUT2D eigenvalue weighted by Crippen LogP contribution is 2.42. The molecule has 3 heteroatoms. The largest absolute Gasteiger partial charge is 0.378 e. The molecule has 0 radical (unpaired) electrons. The van der Waals surface area contributed by atoms with Gasteiger partial charge in [-0.25, -0.2) is 0 Å². The minimum absolute atomic E-state index is 0.978. The Kier molecular flexibility index (Phi) is 5.53. The molecule has 0 atom stereocenters. The first-order chi connectivity index (χ1) is 14.8. The number of hydrogen-bond acceptors (Lipinski definition) is 2. The maximum Gasteiger partial charge on any atom is 0.0491 e. The topological polar surface area (TPSA) is 11.4 Å². The fourth-order valence-corrected chi connectivity index (χ4v) is 4.57. The van der Waals surface area contributed by atoms with Gasteiger partial charge in [0.1, 0.15) is 0 Å². The van der Waals surface area contributed by atoms with E-state index in [1.165, 1.54) is 55.8 Å². The summed E-state index contributed by atoms with van der Waals surface area (Å²) in [4.78, 5) is 4.29. The van der Waals surface area contributed by atoms with Crippen LogP contribution in [0, 0.1) is 13.8 Å². The van der Waals surface area contributed by atoms with Crippen molar-refractivity contribution in [2.24, 2.45) is 0 Å². The van der Waals surface area contributed by atoms with E-state index in [1.807, 2.05) is 0 Å². The third-order valence-electron chi connectivity index (χ3n) is 6.48. The molecule has 0 unspecified atom stereocenters. The van der Waals surface area contributed by atoms with Gasteiger partial charge in [-0.05, 0) is 78.9 Å². The fraction of sp³-hybridized carbons (Fsp3) is 0.286. The second-order valence-electron chi connectivity index (χ2n) is 8.72. The minimum Gasteiger partial charge on any atom is -0.378 e. The molecule has 160 valence electrons. The summed E-state index contributed by atoms with van der Waals surface area (Å²) in [7, 11) is 8.33. The van der Waals surface area contributed by atoms with Gasteiger partial charge in [0.2, 0.25) is 0 Å². The molecular formula is C28H33N3. The second kappa shape index (κ2) is 8.14. The lowest BCUT2D eigenvalue weighted by atomic mass is 9.90. The maximum absolute atomic E-state index is 2.43. The number of nitrogens with zero attached hydrogens (tertiary/aromatic N) is 3. The Labute approximate surface area is 186 Å². The summed E-state index contributed by atoms with van der Waals surface area (Å²) in [6.07, 6.45) is 0. The third-order valence-corrected chi connectivity index (χ3v) is 6.48. The van der Waals surface area contributed by atoms with Gasteiger partial charge in [0.05, 0.1) is 0 Å². The lowest BCUT2D eigenvalue weighted by Gasteiger charge is -2.17. The summed E-state index contributed by atoms with van der Waals surface area (Å²) in [5.74, 6) is 0. The first-order valence-corrected chi connectivity index (χ1v) is 11.0. The average Bonchev–Trinajstić information content (AvgIpc) is 3.03. The van der Waals surface area contributed by atoms with Crippen LogP contribution < -0.4 is 9.80 Å². The van der Waals surface area contributed by atoms with Gasteiger partial charge in [-0.3, -0.25) is 0 Å². The van der Waals surface area contributed by atoms with E-state index < -0.39 is 0 Å². The molecule has 3 nitrogen and oxygen atoms in total. The molecule has 1 heterocycles. The molecule has 0 amide bonds. The lowest BCUT2D eigenvalue weighted by Crippen LogP contribution is -2.08. The average molecular weight is 412 g/mol. The maximum atomic E-state index is 2.43. The quantitative estimate of drug-likeness (QED) is 0.360. The summed E-state index contributed by atoms with van der Waals surface area (Å²) in [6.45, 7) is 7.71. The Bertz CT molecular complexity index is 1210. The Hall–Kier alpha value is -3.20. The molecule has 0 aliphatic carbocycles. The van der Waals surface area contributed by atoms with Crippen LogP contribution in [0.1, 0.15) is 18.2 Å². The number of aromatic nitrogens is 1. The van der Waals surface area contributed by atoms with Crippen molar-refractivity contribution in [1.82, 2.24) is 4.57 Å². The molecule has 0 N–H and O–H groups in total. The van der Waals surface area contributed by atoms with Crippen molar-refractivity contribution >= 4 is 22.3 Å². The SMILES string of the molecule is CCn1c(C)c(C)c2c(-c3ccc(N(C)C)cc3)c(-c3ccc(N(C)C)cc3)ccc21. The number of aryl methyl sites for hydroxylation is 2. The lowest BCUT2D eigenvalue weighted by molar-refractivity contribution is 0.766. The highest BCUT2D eigenvalue weighted by Gasteiger charge is 2.19. The van der Waals surface area contributed by atoms with E-state index in [9.17, 15) is 0 Å². The minimum atomic E-state index is 0.978. The van der Waals surface area contributed by atoms with E-state index in [-0.39, 0.29) is 0 Å². The highest BCUT2D eigenvalue weighted by atomic mass is 15.1. The van der Waals surface area contributed by atoms with Gasteiger partial charge in [-0.2, -0.15) is 0 Å². The van der Waals surface area contributed by atoms with Crippen molar-refractivity contribution in [2.45, 2.75) is 27.3 Å². The summed E-state index contributed by atoms with van der Waals surface area (Å²) in [5, 5.41) is 1.37. The molecule has 3 aromatic carbocycles. The van der Waals surface area contributed by atoms with Crippen LogP contribution in [-0.4, -0.2) is 32.8 Å². The van der Waals surface area contributed by atoms with Crippen LogP contribution in [0.3, 0.4) is 0 Å². The second-order valence-corrected chi connectivity index (χ2v) is 8.72. The van der Waals surface area contributed by atoms with Crippen LogP contribution in [0.25, 0.3) is 33.2 Å². The van der Waals surface area contributed by atoms with Crippen molar-refractivity contribution < 1.29 is 0 Å². The molecule has 0 fully saturated rings. The van der Waals surface area contributed by atoms with Crippen LogP contribution in [0.15, 0.2) is 60.7 Å². The molecule has 0 spiro atoms. The Morgan fingerprint density at radius 2 is 1.19 bits per heavy atom. The Morgan fingerprint density at radius 3 is 1.68 bits per heavy atom. The molecule has 0 saturated carbocycles. The van der Waals surface area contributed by atoms with Crippen LogP contribution in [0.4, 0.5) is 11.4 Å². The molecule has 0 bridgehead atoms. The highest BCUT2D eigenvalue weighted by molar-refractivity contribution is 6.06. The van der Waals surface area contributed by atoms with Crippen molar-refractivity contribution in [1.29, 1.82) is 0 Å². The summed E-state index contributed by atoms with van der Waals surface area (Å²) in [5.41, 5.74) is 11.6. The molecule has 4 rings (SSSR count). The van der Waals surface area contributed by atoms with Crippen LogP contribution in [0.2, 0.25) is 0 Å². The van der Waals surface area contributed by atoms with Crippen molar-refractivity contribution in [3.63, 3.8) is 0 Å². The van der Waals surface area contributed by atoms with E-state index in [0.717, 1.165) is 6.54 Å². The first kappa shape index (κ1) is 21.0. The van der Waals surface area contributed by atoms with E-state index in [0.29, 0.717) is 0 Å². The fourth-order valence-electron chi connectivity index (χ4n) is 4.57. The van der Waals surface area contributed by atoms with Gasteiger partial charge in [0, 0.05) is 62.7 Å². The van der Waals surface area contributed by atoms with Crippen LogP contribution in [-0.2, 0) is 6.54 Å². The monoisotopic (exact) mass is 411 g/mol. The normalized spacial score (nSPS) is 11.2. The zero-order chi connectivity index (χ0) is 22.3. The molecule has 31 heavy (non-hydrogen) atoms. The number of fused-ring (bicyclic) bond motifs is 1. The van der Waals surface area contributed by atoms with E-state index in [2.05, 4.69) is 124 Å². The van der Waals surface area contributed by atoms with Crippen LogP contribution in [0.5, 0.6) is 0 Å². The first-order valence-electron chi connectivity index (χ1n) is 11.0. The van der Waals surface area contributed by atoms with Gasteiger partial charge in [0.15, 0.2) is 0 Å². The van der Waals surface area contributed by atoms with E-state index in [1.54, 1.807) is 0 Å². The van der Waals surface area contributed by atoms with Crippen molar-refractivity contribution in [3.8, 4) is 22.3 Å². The number of benzene rings is 3. The number of anilines is 2. The summed E-state index contributed by atoms with van der Waals surface area (Å²) >= 11 is 0. The molecular weight excluding hydrogens is 378 g/mol. The predicted molar refractivity (Wildman–Crippen MR) is 137 cm³/mol. The predicted octanol–water partition coefficient (Wildman–Crippen LogP) is 6.74. The molecule has 4 aromatic rings. The van der Waals surface area contributed by atoms with Crippen molar-refractivity contribution in [3.05, 3.63) is 71.9 Å². The summed E-state index contributed by atoms with van der Waals surface area (Å²) < 4.78 is 2.43. The Balaban J connectivity index is 2.02. The van der Waals surface area contributed by atoms with Gasteiger partial charge in [-0.1, -0.05) is 30.3 Å². The van der Waals surface area contributed by atoms with Gasteiger partial charge in [0.25, 0.3) is 0 Å². The standard InChI is InChI=1S/C28H33N3/c1-8-31-20(3)19(2)27-26(31)18-17-25(21-9-13-23(14-10-21)29(4)5)28(27)22-11-15-24(16-12-22)30(6)7/h9-18H,8H2,1-7H3. The van der Waals surface area contributed by atoms with Gasteiger partial charge < -0.3 is 14.4 Å². The van der Waals surface area contributed by atoms with E-state index in [4.69, 9.17) is 0 Å². The molecule has 0 saturated heterocycles. The van der Waals surface area contributed by atoms with Crippen molar-refractivity contribution in [2.75, 3.05) is 38.0 Å². The van der Waals surface area contributed by atoms with Crippen LogP contribution >= 0.6 is 0 Å². The smallest absolute Gasteiger partial charge is 0.0491 e. The number of rotatable bonds is 5.